The number of alkyl halides is 6. The summed E-state index contributed by atoms with van der Waals surface area (Å²) < 4.78 is 84.3. The highest BCUT2D eigenvalue weighted by atomic mass is 19.4. The number of nitrogens with zero attached hydrogens (tertiary/aromatic N) is 1. The number of aldehydes is 1. The van der Waals surface area contributed by atoms with Crippen molar-refractivity contribution in [1.82, 2.24) is 4.90 Å². The molecule has 0 fully saturated rings. The number of hydrogen-bond acceptors (Lipinski definition) is 6. The lowest BCUT2D eigenvalue weighted by Gasteiger charge is -2.33. The van der Waals surface area contributed by atoms with Gasteiger partial charge in [-0.15, -0.1) is 0 Å². The first-order chi connectivity index (χ1) is 12.8. The molecule has 0 aliphatic carbocycles. The zero-order valence-corrected chi connectivity index (χ0v) is 15.2. The molecule has 162 valence electrons. The number of carbonyl (C=O) groups is 3. The van der Waals surface area contributed by atoms with Gasteiger partial charge in [0.1, 0.15) is 12.3 Å². The zero-order chi connectivity index (χ0) is 22.0. The van der Waals surface area contributed by atoms with Crippen LogP contribution >= 0.6 is 0 Å². The molecule has 0 bridgehead atoms. The highest BCUT2D eigenvalue weighted by Gasteiger charge is 2.45. The third-order valence-corrected chi connectivity index (χ3v) is 3.51. The van der Waals surface area contributed by atoms with E-state index in [1.165, 1.54) is 6.92 Å². The van der Waals surface area contributed by atoms with E-state index in [4.69, 9.17) is 0 Å². The zero-order valence-electron chi connectivity index (χ0n) is 15.2. The largest absolute Gasteiger partial charge is 0.466 e. The summed E-state index contributed by atoms with van der Waals surface area (Å²) in [7, 11) is 1.01. The summed E-state index contributed by atoms with van der Waals surface area (Å²) in [5.41, 5.74) is 0. The summed E-state index contributed by atoms with van der Waals surface area (Å²) in [6.45, 7) is 0.940. The highest BCUT2D eigenvalue weighted by Crippen LogP contribution is 2.28. The Bertz CT molecular complexity index is 547. The third kappa shape index (κ3) is 10.9. The molecular formula is C16H21F6NO5. The molecule has 0 aromatic heterocycles. The van der Waals surface area contributed by atoms with Crippen molar-refractivity contribution < 1.29 is 50.2 Å². The maximum absolute atomic E-state index is 13.2. The van der Waals surface area contributed by atoms with Gasteiger partial charge in [-0.1, -0.05) is 0 Å². The molecule has 0 amide bonds. The average molecular weight is 421 g/mol. The molecule has 1 unspecified atom stereocenters. The van der Waals surface area contributed by atoms with Crippen molar-refractivity contribution in [1.29, 1.82) is 0 Å². The number of allylic oxidation sites excluding steroid dienone is 1. The first-order valence-electron chi connectivity index (χ1n) is 8.14. The van der Waals surface area contributed by atoms with Crippen molar-refractivity contribution in [3.8, 4) is 0 Å². The number of carbonyl (C=O) groups excluding carboxylic acids is 3. The minimum atomic E-state index is -4.81. The van der Waals surface area contributed by atoms with Gasteiger partial charge in [-0.25, -0.2) is 4.79 Å². The van der Waals surface area contributed by atoms with Gasteiger partial charge in [-0.3, -0.25) is 9.69 Å². The molecular weight excluding hydrogens is 400 g/mol. The van der Waals surface area contributed by atoms with Crippen LogP contribution in [-0.4, -0.2) is 67.8 Å². The number of halogens is 6. The molecule has 12 heteroatoms. The van der Waals surface area contributed by atoms with Gasteiger partial charge in [0, 0.05) is 12.2 Å². The molecule has 0 aromatic rings. The van der Waals surface area contributed by atoms with Crippen molar-refractivity contribution in [2.75, 3.05) is 20.3 Å². The summed E-state index contributed by atoms with van der Waals surface area (Å²) in [4.78, 5) is 34.3. The Kier molecular flexibility index (Phi) is 10.8. The number of hydrogen-bond donors (Lipinski definition) is 0. The predicted molar refractivity (Wildman–Crippen MR) is 84.1 cm³/mol. The molecule has 0 saturated heterocycles. The van der Waals surface area contributed by atoms with E-state index in [-0.39, 0.29) is 37.9 Å². The number of esters is 2. The fourth-order valence-electron chi connectivity index (χ4n) is 2.14. The highest BCUT2D eigenvalue weighted by molar-refractivity contribution is 5.82. The second-order valence-corrected chi connectivity index (χ2v) is 5.62. The van der Waals surface area contributed by atoms with Gasteiger partial charge in [0.15, 0.2) is 0 Å². The van der Waals surface area contributed by atoms with Crippen molar-refractivity contribution in [3.05, 3.63) is 12.2 Å². The van der Waals surface area contributed by atoms with Crippen LogP contribution in [0.3, 0.4) is 0 Å². The number of likely N-dealkylation sites (N-methyl/N-ethyl adjacent to an activating group) is 1. The molecule has 0 radical (unpaired) electrons. The van der Waals surface area contributed by atoms with Crippen molar-refractivity contribution in [2.45, 2.75) is 50.6 Å². The fraction of sp³-hybridized carbons (Fsp3) is 0.688. The van der Waals surface area contributed by atoms with Crippen LogP contribution in [0.15, 0.2) is 12.2 Å². The van der Waals surface area contributed by atoms with Gasteiger partial charge in [-0.2, -0.15) is 26.3 Å². The van der Waals surface area contributed by atoms with E-state index in [0.29, 0.717) is 4.90 Å². The Morgan fingerprint density at radius 3 is 2.18 bits per heavy atom. The van der Waals surface area contributed by atoms with Gasteiger partial charge < -0.3 is 14.3 Å². The lowest BCUT2D eigenvalue weighted by molar-refractivity contribution is -0.193. The lowest BCUT2D eigenvalue weighted by Crippen LogP contribution is -2.50. The van der Waals surface area contributed by atoms with E-state index < -0.39 is 49.4 Å². The molecule has 0 aliphatic heterocycles. The molecule has 0 aliphatic rings. The lowest BCUT2D eigenvalue weighted by atomic mass is 10.1. The summed E-state index contributed by atoms with van der Waals surface area (Å²) in [5.74, 6) is -2.35. The third-order valence-electron chi connectivity index (χ3n) is 3.51. The summed E-state index contributed by atoms with van der Waals surface area (Å²) in [6, 6.07) is -3.52. The quantitative estimate of drug-likeness (QED) is 0.168. The van der Waals surface area contributed by atoms with E-state index in [1.807, 2.05) is 0 Å². The van der Waals surface area contributed by atoms with Crippen LogP contribution in [0.1, 0.15) is 26.2 Å². The molecule has 6 nitrogen and oxygen atoms in total. The Labute approximate surface area is 157 Å². The van der Waals surface area contributed by atoms with Crippen molar-refractivity contribution in [3.63, 3.8) is 0 Å². The summed E-state index contributed by atoms with van der Waals surface area (Å²) in [5, 5.41) is 0. The van der Waals surface area contributed by atoms with Crippen LogP contribution in [0.4, 0.5) is 26.3 Å². The van der Waals surface area contributed by atoms with Crippen LogP contribution in [-0.2, 0) is 23.9 Å². The minimum absolute atomic E-state index is 0.0800. The van der Waals surface area contributed by atoms with Crippen LogP contribution in [0.25, 0.3) is 0 Å². The molecule has 0 heterocycles. The van der Waals surface area contributed by atoms with Gasteiger partial charge >= 0.3 is 24.3 Å². The average Bonchev–Trinajstić information content (AvgIpc) is 2.56. The van der Waals surface area contributed by atoms with E-state index in [1.54, 1.807) is 0 Å². The van der Waals surface area contributed by atoms with Gasteiger partial charge in [0.2, 0.25) is 0 Å². The molecule has 0 aromatic carbocycles. The van der Waals surface area contributed by atoms with Gasteiger partial charge in [0.05, 0.1) is 25.7 Å². The second kappa shape index (κ2) is 11.7. The maximum Gasteiger partial charge on any atom is 0.410 e. The Hall–Kier alpha value is -2.11. The monoisotopic (exact) mass is 421 g/mol. The fourth-order valence-corrected chi connectivity index (χ4v) is 2.14. The van der Waals surface area contributed by atoms with Gasteiger partial charge in [0.25, 0.3) is 0 Å². The first-order valence-corrected chi connectivity index (χ1v) is 8.14. The van der Waals surface area contributed by atoms with Gasteiger partial charge in [-0.05, 0) is 26.8 Å². The van der Waals surface area contributed by atoms with E-state index in [2.05, 4.69) is 9.47 Å². The molecule has 0 spiro atoms. The van der Waals surface area contributed by atoms with Crippen LogP contribution in [0, 0.1) is 0 Å². The Morgan fingerprint density at radius 2 is 1.71 bits per heavy atom. The smallest absolute Gasteiger partial charge is 0.410 e. The van der Waals surface area contributed by atoms with E-state index in [0.717, 1.165) is 7.05 Å². The van der Waals surface area contributed by atoms with Crippen molar-refractivity contribution >= 4 is 18.2 Å². The SMILES string of the molecule is CCOC(=O)CC(N(C)[C@H](C=O)CCCOC(=O)/C=C/C(F)(F)F)C(F)(F)F. The summed E-state index contributed by atoms with van der Waals surface area (Å²) >= 11 is 0. The minimum Gasteiger partial charge on any atom is -0.466 e. The van der Waals surface area contributed by atoms with E-state index in [9.17, 15) is 40.7 Å². The van der Waals surface area contributed by atoms with Crippen molar-refractivity contribution in [2.24, 2.45) is 0 Å². The standard InChI is InChI=1S/C16H21F6NO5/c1-3-27-14(26)9-12(16(20,21)22)23(2)11(10-24)5-4-8-28-13(25)6-7-15(17,18)19/h6-7,10-12H,3-5,8-9H2,1-2H3/b7-6+/t11-,12?/m0/s1. The molecule has 0 rings (SSSR count). The summed E-state index contributed by atoms with van der Waals surface area (Å²) in [6.07, 6.45) is -10.7. The molecule has 0 N–H and O–H groups in total. The molecule has 28 heavy (non-hydrogen) atoms. The maximum atomic E-state index is 13.2. The second-order valence-electron chi connectivity index (χ2n) is 5.62. The number of rotatable bonds is 11. The Balaban J connectivity index is 4.72. The van der Waals surface area contributed by atoms with Crippen LogP contribution in [0.5, 0.6) is 0 Å². The molecule has 0 saturated carbocycles. The first kappa shape index (κ1) is 25.9. The van der Waals surface area contributed by atoms with Crippen LogP contribution in [0.2, 0.25) is 0 Å². The number of ether oxygens (including phenoxy) is 2. The topological polar surface area (TPSA) is 72.9 Å². The van der Waals surface area contributed by atoms with E-state index >= 15 is 0 Å². The normalized spacial score (nSPS) is 14.8. The Morgan fingerprint density at radius 1 is 1.11 bits per heavy atom. The molecule has 2 atom stereocenters. The predicted octanol–water partition coefficient (Wildman–Crippen LogP) is 2.81. The van der Waals surface area contributed by atoms with Crippen LogP contribution < -0.4 is 0 Å².